The van der Waals surface area contributed by atoms with Crippen LogP contribution in [0.25, 0.3) is 16.9 Å². The lowest BCUT2D eigenvalue weighted by Crippen LogP contribution is -2.19. The normalized spacial score (nSPS) is 11.4. The van der Waals surface area contributed by atoms with E-state index in [4.69, 9.17) is 21.3 Å². The number of nitrogens with zero attached hydrogens (tertiary/aromatic N) is 2. The van der Waals surface area contributed by atoms with E-state index in [1.807, 2.05) is 97.9 Å². The Balaban J connectivity index is 1.65. The highest BCUT2D eigenvalue weighted by molar-refractivity contribution is 6.31. The van der Waals surface area contributed by atoms with Gasteiger partial charge in [0.25, 0.3) is 5.56 Å². The summed E-state index contributed by atoms with van der Waals surface area (Å²) in [6.07, 6.45) is 0. The molecular formula is C29H22ClN3O2. The van der Waals surface area contributed by atoms with Crippen molar-refractivity contribution in [2.24, 2.45) is 4.99 Å². The number of halogens is 1. The molecule has 0 aliphatic heterocycles. The van der Waals surface area contributed by atoms with Crippen LogP contribution >= 0.6 is 11.6 Å². The maximum atomic E-state index is 13.6. The molecule has 0 aliphatic carbocycles. The lowest BCUT2D eigenvalue weighted by molar-refractivity contribution is 0.484. The highest BCUT2D eigenvalue weighted by atomic mass is 35.5. The SMILES string of the molecule is CC(=Nc1cc(Cl)ccc1Oc1ccccc1)c1c(-c2ccccc2)[nH]n(-c2ccccc2)c1=O. The molecule has 35 heavy (non-hydrogen) atoms. The van der Waals surface area contributed by atoms with Crippen LogP contribution < -0.4 is 10.3 Å². The van der Waals surface area contributed by atoms with E-state index in [0.29, 0.717) is 39.2 Å². The Bertz CT molecular complexity index is 1540. The van der Waals surface area contributed by atoms with Crippen molar-refractivity contribution in [3.8, 4) is 28.4 Å². The third-order valence-electron chi connectivity index (χ3n) is 5.51. The van der Waals surface area contributed by atoms with E-state index >= 15 is 0 Å². The molecule has 5 aromatic rings. The zero-order valence-corrected chi connectivity index (χ0v) is 19.7. The van der Waals surface area contributed by atoms with Crippen molar-refractivity contribution in [3.63, 3.8) is 0 Å². The van der Waals surface area contributed by atoms with Crippen molar-refractivity contribution in [2.75, 3.05) is 0 Å². The van der Waals surface area contributed by atoms with Crippen LogP contribution in [0.3, 0.4) is 0 Å². The molecule has 0 radical (unpaired) electrons. The average molecular weight is 480 g/mol. The van der Waals surface area contributed by atoms with Crippen molar-refractivity contribution < 1.29 is 4.74 Å². The van der Waals surface area contributed by atoms with Crippen LogP contribution in [-0.4, -0.2) is 15.5 Å². The second-order valence-electron chi connectivity index (χ2n) is 7.93. The van der Waals surface area contributed by atoms with Gasteiger partial charge in [0.1, 0.15) is 11.4 Å². The Morgan fingerprint density at radius 2 is 1.49 bits per heavy atom. The summed E-state index contributed by atoms with van der Waals surface area (Å²) in [7, 11) is 0. The van der Waals surface area contributed by atoms with Gasteiger partial charge in [0.05, 0.1) is 22.7 Å². The molecule has 1 heterocycles. The minimum absolute atomic E-state index is 0.191. The fourth-order valence-corrected chi connectivity index (χ4v) is 4.03. The van der Waals surface area contributed by atoms with Crippen LogP contribution in [-0.2, 0) is 0 Å². The standard InChI is InChI=1S/C29H22ClN3O2/c1-20(31-25-19-22(30)17-18-26(25)35-24-15-9-4-10-16-24)27-28(21-11-5-2-6-12-21)32-33(29(27)34)23-13-7-3-8-14-23/h2-19,32H,1H3. The van der Waals surface area contributed by atoms with Gasteiger partial charge in [0.15, 0.2) is 5.75 Å². The van der Waals surface area contributed by atoms with Crippen LogP contribution in [0.2, 0.25) is 5.02 Å². The van der Waals surface area contributed by atoms with Crippen LogP contribution in [0.5, 0.6) is 11.5 Å². The number of para-hydroxylation sites is 2. The molecule has 0 amide bonds. The predicted octanol–water partition coefficient (Wildman–Crippen LogP) is 7.42. The van der Waals surface area contributed by atoms with Crippen molar-refractivity contribution in [1.82, 2.24) is 9.78 Å². The monoisotopic (exact) mass is 479 g/mol. The van der Waals surface area contributed by atoms with Gasteiger partial charge in [-0.25, -0.2) is 9.67 Å². The van der Waals surface area contributed by atoms with E-state index in [1.54, 1.807) is 18.2 Å². The first-order valence-electron chi connectivity index (χ1n) is 11.1. The van der Waals surface area contributed by atoms with E-state index in [2.05, 4.69) is 5.10 Å². The second kappa shape index (κ2) is 9.87. The molecule has 5 rings (SSSR count). The first kappa shape index (κ1) is 22.4. The number of nitrogens with one attached hydrogen (secondary N) is 1. The smallest absolute Gasteiger partial charge is 0.280 e. The minimum atomic E-state index is -0.191. The molecule has 0 aliphatic rings. The quantitative estimate of drug-likeness (QED) is 0.257. The van der Waals surface area contributed by atoms with Crippen LogP contribution in [0.1, 0.15) is 12.5 Å². The molecule has 1 N–H and O–H groups in total. The number of hydrogen-bond acceptors (Lipinski definition) is 3. The maximum Gasteiger partial charge on any atom is 0.280 e. The molecular weight excluding hydrogens is 458 g/mol. The molecule has 1 aromatic heterocycles. The summed E-state index contributed by atoms with van der Waals surface area (Å²) >= 11 is 6.30. The zero-order chi connectivity index (χ0) is 24.2. The molecule has 0 saturated carbocycles. The number of H-pyrrole nitrogens is 1. The van der Waals surface area contributed by atoms with Crippen LogP contribution in [0, 0.1) is 0 Å². The van der Waals surface area contributed by atoms with E-state index in [-0.39, 0.29) is 5.56 Å². The number of ether oxygens (including phenoxy) is 1. The fraction of sp³-hybridized carbons (Fsp3) is 0.0345. The Hall–Kier alpha value is -4.35. The maximum absolute atomic E-state index is 13.6. The third kappa shape index (κ3) is 4.81. The number of aromatic amines is 1. The summed E-state index contributed by atoms with van der Waals surface area (Å²) in [4.78, 5) is 18.4. The highest BCUT2D eigenvalue weighted by Gasteiger charge is 2.20. The van der Waals surface area contributed by atoms with Gasteiger partial charge in [-0.2, -0.15) is 0 Å². The van der Waals surface area contributed by atoms with E-state index in [1.165, 1.54) is 4.68 Å². The number of hydrogen-bond donors (Lipinski definition) is 1. The van der Waals surface area contributed by atoms with Gasteiger partial charge in [-0.15, -0.1) is 0 Å². The topological polar surface area (TPSA) is 59.4 Å². The predicted molar refractivity (Wildman–Crippen MR) is 142 cm³/mol. The summed E-state index contributed by atoms with van der Waals surface area (Å²) in [5.41, 5.74) is 3.67. The van der Waals surface area contributed by atoms with Gasteiger partial charge in [0, 0.05) is 10.6 Å². The van der Waals surface area contributed by atoms with E-state index < -0.39 is 0 Å². The van der Waals surface area contributed by atoms with Crippen molar-refractivity contribution in [3.05, 3.63) is 130 Å². The van der Waals surface area contributed by atoms with Crippen molar-refractivity contribution >= 4 is 23.0 Å². The number of benzene rings is 4. The van der Waals surface area contributed by atoms with Crippen LogP contribution in [0.4, 0.5) is 5.69 Å². The molecule has 0 unspecified atom stereocenters. The number of aromatic nitrogens is 2. The van der Waals surface area contributed by atoms with E-state index in [0.717, 1.165) is 11.3 Å². The lowest BCUT2D eigenvalue weighted by Gasteiger charge is -2.10. The summed E-state index contributed by atoms with van der Waals surface area (Å²) in [5, 5.41) is 3.81. The Labute approximate surface area is 207 Å². The molecule has 172 valence electrons. The van der Waals surface area contributed by atoms with Gasteiger partial charge < -0.3 is 4.74 Å². The van der Waals surface area contributed by atoms with Crippen LogP contribution in [0.15, 0.2) is 119 Å². The second-order valence-corrected chi connectivity index (χ2v) is 8.36. The van der Waals surface area contributed by atoms with Gasteiger partial charge in [0.2, 0.25) is 0 Å². The summed E-state index contributed by atoms with van der Waals surface area (Å²) in [6, 6.07) is 33.9. The largest absolute Gasteiger partial charge is 0.455 e. The van der Waals surface area contributed by atoms with Gasteiger partial charge in [-0.1, -0.05) is 78.3 Å². The first-order chi connectivity index (χ1) is 17.1. The molecule has 0 atom stereocenters. The molecule has 0 saturated heterocycles. The average Bonchev–Trinajstić information content (AvgIpc) is 3.24. The fourth-order valence-electron chi connectivity index (χ4n) is 3.86. The molecule has 4 aromatic carbocycles. The summed E-state index contributed by atoms with van der Waals surface area (Å²) in [5.74, 6) is 1.22. The number of aliphatic imine (C=N–C) groups is 1. The van der Waals surface area contributed by atoms with Gasteiger partial charge in [-0.3, -0.25) is 9.89 Å². The minimum Gasteiger partial charge on any atom is -0.455 e. The van der Waals surface area contributed by atoms with Gasteiger partial charge in [-0.05, 0) is 49.4 Å². The lowest BCUT2D eigenvalue weighted by atomic mass is 10.1. The van der Waals surface area contributed by atoms with Crippen molar-refractivity contribution in [2.45, 2.75) is 6.92 Å². The molecule has 5 nitrogen and oxygen atoms in total. The molecule has 0 spiro atoms. The number of rotatable bonds is 6. The Morgan fingerprint density at radius 1 is 0.857 bits per heavy atom. The van der Waals surface area contributed by atoms with Crippen molar-refractivity contribution in [1.29, 1.82) is 0 Å². The van der Waals surface area contributed by atoms with E-state index in [9.17, 15) is 4.79 Å². The molecule has 0 fully saturated rings. The third-order valence-corrected chi connectivity index (χ3v) is 5.74. The Kier molecular flexibility index (Phi) is 6.33. The first-order valence-corrected chi connectivity index (χ1v) is 11.5. The summed E-state index contributed by atoms with van der Waals surface area (Å²) in [6.45, 7) is 1.82. The molecule has 6 heteroatoms. The highest BCUT2D eigenvalue weighted by Crippen LogP contribution is 2.35. The summed E-state index contributed by atoms with van der Waals surface area (Å²) < 4.78 is 7.60. The Morgan fingerprint density at radius 3 is 2.17 bits per heavy atom. The molecule has 0 bridgehead atoms. The van der Waals surface area contributed by atoms with Gasteiger partial charge >= 0.3 is 0 Å². The zero-order valence-electron chi connectivity index (χ0n) is 19.0.